The van der Waals surface area contributed by atoms with Crippen LogP contribution in [0.15, 0.2) is 78.9 Å². The van der Waals surface area contributed by atoms with E-state index in [1.165, 1.54) is 0 Å². The van der Waals surface area contributed by atoms with Crippen molar-refractivity contribution in [1.82, 2.24) is 0 Å². The monoisotopic (exact) mass is 500 g/mol. The number of nitrogen functional groups attached to an aromatic ring is 1. The molecule has 3 aromatic carbocycles. The molecule has 188 valence electrons. The molecular weight excluding hydrogens is 468 g/mol. The van der Waals surface area contributed by atoms with Gasteiger partial charge in [0.1, 0.15) is 18.2 Å². The van der Waals surface area contributed by atoms with Gasteiger partial charge in [0.05, 0.1) is 19.5 Å². The minimum absolute atomic E-state index is 0.0635. The second-order valence-electron chi connectivity index (χ2n) is 7.65. The van der Waals surface area contributed by atoms with Gasteiger partial charge in [-0.1, -0.05) is 42.5 Å². The van der Waals surface area contributed by atoms with Crippen LogP contribution in [-0.2, 0) is 16.7 Å². The van der Waals surface area contributed by atoms with Gasteiger partial charge in [-0.15, -0.1) is 0 Å². The average Bonchev–Trinajstić information content (AvgIpc) is 2.82. The Balaban J connectivity index is 0.000000784. The Morgan fingerprint density at radius 2 is 1.31 bits per heavy atom. The molecule has 0 atom stereocenters. The van der Waals surface area contributed by atoms with Crippen molar-refractivity contribution in [2.45, 2.75) is 25.9 Å². The second-order valence-corrected chi connectivity index (χ2v) is 9.12. The quantitative estimate of drug-likeness (QED) is 0.142. The zero-order chi connectivity index (χ0) is 25.5. The van der Waals surface area contributed by atoms with Gasteiger partial charge in [0.25, 0.3) is 10.1 Å². The molecule has 0 spiro atoms. The summed E-state index contributed by atoms with van der Waals surface area (Å²) in [6, 6.07) is 25.1. The molecule has 3 aromatic rings. The topological polar surface area (TPSA) is 132 Å². The van der Waals surface area contributed by atoms with Crippen molar-refractivity contribution in [3.63, 3.8) is 0 Å². The number of benzene rings is 3. The smallest absolute Gasteiger partial charge is 0.261 e. The average molecular weight is 501 g/mol. The Morgan fingerprint density at radius 3 is 1.89 bits per heavy atom. The summed E-state index contributed by atoms with van der Waals surface area (Å²) in [5.74, 6) is 2.39. The molecule has 0 heterocycles. The first-order chi connectivity index (χ1) is 16.7. The maximum absolute atomic E-state index is 9.19. The molecule has 0 bridgehead atoms. The summed E-state index contributed by atoms with van der Waals surface area (Å²) in [6.45, 7) is 1.81. The Labute approximate surface area is 206 Å². The fraction of sp³-hybridized carbons (Fsp3) is 0.269. The van der Waals surface area contributed by atoms with Crippen LogP contribution in [-0.4, -0.2) is 38.3 Å². The van der Waals surface area contributed by atoms with E-state index in [0.717, 1.165) is 42.1 Å². The molecule has 0 amide bonds. The van der Waals surface area contributed by atoms with Crippen LogP contribution in [0.5, 0.6) is 17.2 Å². The van der Waals surface area contributed by atoms with Gasteiger partial charge < -0.3 is 19.9 Å². The minimum atomic E-state index is -3.67. The third-order valence-corrected chi connectivity index (χ3v) is 4.57. The van der Waals surface area contributed by atoms with Gasteiger partial charge in [-0.3, -0.25) is 9.96 Å². The molecule has 0 radical (unpaired) electrons. The highest BCUT2D eigenvalue weighted by Crippen LogP contribution is 2.27. The van der Waals surface area contributed by atoms with E-state index in [-0.39, 0.29) is 5.84 Å². The summed E-state index contributed by atoms with van der Waals surface area (Å²) >= 11 is 0. The molecule has 0 fully saturated rings. The molecule has 3 rings (SSSR count). The lowest BCUT2D eigenvalue weighted by atomic mass is 10.2. The van der Waals surface area contributed by atoms with Crippen molar-refractivity contribution in [2.75, 3.05) is 19.5 Å². The highest BCUT2D eigenvalue weighted by molar-refractivity contribution is 7.85. The number of ether oxygens (including phenoxy) is 3. The predicted octanol–water partition coefficient (Wildman–Crippen LogP) is 4.68. The molecule has 0 aromatic heterocycles. The number of hydrogen-bond donors (Lipinski definition) is 3. The largest absolute Gasteiger partial charge is 0.494 e. The number of nitrogens with two attached hydrogens (primary N) is 1. The van der Waals surface area contributed by atoms with Gasteiger partial charge in [0, 0.05) is 5.56 Å². The number of rotatable bonds is 12. The van der Waals surface area contributed by atoms with Gasteiger partial charge in [-0.05, 0) is 61.2 Å². The molecule has 4 N–H and O–H groups in total. The first kappa shape index (κ1) is 27.7. The normalized spacial score (nSPS) is 10.6. The van der Waals surface area contributed by atoms with Crippen molar-refractivity contribution in [2.24, 2.45) is 5.73 Å². The Kier molecular flexibility index (Phi) is 11.6. The van der Waals surface area contributed by atoms with E-state index in [0.29, 0.717) is 31.6 Å². The van der Waals surface area contributed by atoms with E-state index < -0.39 is 10.1 Å². The molecule has 0 saturated carbocycles. The van der Waals surface area contributed by atoms with E-state index in [9.17, 15) is 8.42 Å². The highest BCUT2D eigenvalue weighted by atomic mass is 32.2. The maximum Gasteiger partial charge on any atom is 0.261 e. The third kappa shape index (κ3) is 12.5. The zero-order valence-corrected chi connectivity index (χ0v) is 20.5. The van der Waals surface area contributed by atoms with Crippen LogP contribution in [0.3, 0.4) is 0 Å². The SMILES string of the molecule is CS(=O)(=O)O.N=C(N)c1ccc(OCCCCCOc2ccccc2OCc2ccccc2)cc1. The Morgan fingerprint density at radius 1 is 0.800 bits per heavy atom. The molecule has 0 unspecified atom stereocenters. The maximum atomic E-state index is 9.19. The van der Waals surface area contributed by atoms with Crippen LogP contribution < -0.4 is 19.9 Å². The second kappa shape index (κ2) is 14.6. The molecule has 9 heteroatoms. The number of unbranched alkanes of at least 4 members (excludes halogenated alkanes) is 2. The fourth-order valence-corrected chi connectivity index (χ4v) is 2.91. The van der Waals surface area contributed by atoms with Crippen molar-refractivity contribution in [1.29, 1.82) is 5.41 Å². The lowest BCUT2D eigenvalue weighted by Gasteiger charge is -2.13. The van der Waals surface area contributed by atoms with Crippen LogP contribution in [0.2, 0.25) is 0 Å². The van der Waals surface area contributed by atoms with Crippen LogP contribution in [0.25, 0.3) is 0 Å². The molecule has 8 nitrogen and oxygen atoms in total. The Bertz CT molecular complexity index is 1130. The zero-order valence-electron chi connectivity index (χ0n) is 19.7. The van der Waals surface area contributed by atoms with E-state index >= 15 is 0 Å². The number of amidine groups is 1. The van der Waals surface area contributed by atoms with Crippen LogP contribution in [0.4, 0.5) is 0 Å². The minimum Gasteiger partial charge on any atom is -0.494 e. The van der Waals surface area contributed by atoms with E-state index in [2.05, 4.69) is 0 Å². The van der Waals surface area contributed by atoms with E-state index in [4.69, 9.17) is 29.9 Å². The van der Waals surface area contributed by atoms with Crippen molar-refractivity contribution < 1.29 is 27.2 Å². The molecule has 0 saturated heterocycles. The summed E-state index contributed by atoms with van der Waals surface area (Å²) in [5.41, 5.74) is 7.28. The third-order valence-electron chi connectivity index (χ3n) is 4.57. The highest BCUT2D eigenvalue weighted by Gasteiger charge is 2.05. The summed E-state index contributed by atoms with van der Waals surface area (Å²) in [4.78, 5) is 0. The van der Waals surface area contributed by atoms with Gasteiger partial charge in [0.15, 0.2) is 11.5 Å². The van der Waals surface area contributed by atoms with Crippen LogP contribution in [0, 0.1) is 5.41 Å². The van der Waals surface area contributed by atoms with Gasteiger partial charge in [-0.25, -0.2) is 0 Å². The van der Waals surface area contributed by atoms with Crippen molar-refractivity contribution in [3.05, 3.63) is 90.0 Å². The number of hydrogen-bond acceptors (Lipinski definition) is 6. The Hall–Kier alpha value is -3.56. The van der Waals surface area contributed by atoms with Crippen molar-refractivity contribution in [3.8, 4) is 17.2 Å². The van der Waals surface area contributed by atoms with Crippen LogP contribution >= 0.6 is 0 Å². The summed E-state index contributed by atoms with van der Waals surface area (Å²) < 4.78 is 43.4. The molecule has 35 heavy (non-hydrogen) atoms. The lowest BCUT2D eigenvalue weighted by molar-refractivity contribution is 0.252. The predicted molar refractivity (Wildman–Crippen MR) is 137 cm³/mol. The van der Waals surface area contributed by atoms with Crippen molar-refractivity contribution >= 4 is 16.0 Å². The molecule has 0 aliphatic carbocycles. The summed E-state index contributed by atoms with van der Waals surface area (Å²) in [7, 11) is -3.67. The van der Waals surface area contributed by atoms with E-state index in [1.54, 1.807) is 12.1 Å². The van der Waals surface area contributed by atoms with Gasteiger partial charge in [0.2, 0.25) is 0 Å². The lowest BCUT2D eigenvalue weighted by Crippen LogP contribution is -2.10. The first-order valence-electron chi connectivity index (χ1n) is 11.1. The van der Waals surface area contributed by atoms with E-state index in [1.807, 2.05) is 66.7 Å². The number of nitrogens with one attached hydrogen (secondary N) is 1. The standard InChI is InChI=1S/C25H28N2O3.CH4O3S/c26-25(27)21-13-15-22(16-14-21)28-17-7-2-8-18-29-23-11-5-6-12-24(23)30-19-20-9-3-1-4-10-20;1-5(2,3)4/h1,3-6,9-16H,2,7-8,17-19H2,(H3,26,27);1H3,(H,2,3,4). The first-order valence-corrected chi connectivity index (χ1v) is 13.0. The van der Waals surface area contributed by atoms with Crippen LogP contribution in [0.1, 0.15) is 30.4 Å². The summed E-state index contributed by atoms with van der Waals surface area (Å²) in [5, 5.41) is 7.39. The molecular formula is C26H32N2O6S. The molecule has 0 aliphatic heterocycles. The molecule has 0 aliphatic rings. The van der Waals surface area contributed by atoms with Gasteiger partial charge in [-0.2, -0.15) is 8.42 Å². The fourth-order valence-electron chi connectivity index (χ4n) is 2.91. The summed E-state index contributed by atoms with van der Waals surface area (Å²) in [6.07, 6.45) is 3.62. The number of para-hydroxylation sites is 2. The van der Waals surface area contributed by atoms with Gasteiger partial charge >= 0.3 is 0 Å².